The first-order chi connectivity index (χ1) is 15.7. The van der Waals surface area contributed by atoms with Gasteiger partial charge in [0.05, 0.1) is 15.6 Å². The van der Waals surface area contributed by atoms with E-state index in [-0.39, 0.29) is 21.6 Å². The summed E-state index contributed by atoms with van der Waals surface area (Å²) in [5.41, 5.74) is 1.70. The van der Waals surface area contributed by atoms with E-state index in [4.69, 9.17) is 27.4 Å². The summed E-state index contributed by atoms with van der Waals surface area (Å²) < 4.78 is 31.1. The minimum atomic E-state index is -4.12. The van der Waals surface area contributed by atoms with Crippen molar-refractivity contribution < 1.29 is 17.4 Å². The summed E-state index contributed by atoms with van der Waals surface area (Å²) in [5, 5.41) is 0.508. The van der Waals surface area contributed by atoms with Crippen LogP contribution in [0.2, 0.25) is 10.0 Å². The van der Waals surface area contributed by atoms with Gasteiger partial charge in [-0.3, -0.25) is 4.79 Å². The van der Waals surface area contributed by atoms with Gasteiger partial charge in [0.2, 0.25) is 0 Å². The Kier molecular flexibility index (Phi) is 6.98. The maximum absolute atomic E-state index is 13.2. The Morgan fingerprint density at radius 2 is 1.70 bits per heavy atom. The van der Waals surface area contributed by atoms with E-state index in [0.29, 0.717) is 35.2 Å². The Morgan fingerprint density at radius 1 is 1.00 bits per heavy atom. The fraction of sp³-hybridized carbons (Fsp3) is 0.240. The number of benzene rings is 3. The molecule has 0 bridgehead atoms. The highest BCUT2D eigenvalue weighted by atomic mass is 35.5. The number of aryl methyl sites for hydroxylation is 1. The van der Waals surface area contributed by atoms with Crippen LogP contribution in [0, 0.1) is 12.8 Å². The van der Waals surface area contributed by atoms with Gasteiger partial charge < -0.3 is 9.08 Å². The van der Waals surface area contributed by atoms with Crippen molar-refractivity contribution in [2.45, 2.75) is 31.2 Å². The van der Waals surface area contributed by atoms with Gasteiger partial charge >= 0.3 is 10.1 Å². The van der Waals surface area contributed by atoms with E-state index in [1.165, 1.54) is 6.07 Å². The number of carbonyl (C=O) groups is 1. The van der Waals surface area contributed by atoms with E-state index in [1.54, 1.807) is 66.4 Å². The lowest BCUT2D eigenvalue weighted by Gasteiger charge is -2.23. The largest absolute Gasteiger partial charge is 0.379 e. The Morgan fingerprint density at radius 3 is 2.39 bits per heavy atom. The van der Waals surface area contributed by atoms with Gasteiger partial charge in [0, 0.05) is 13.1 Å². The molecule has 33 heavy (non-hydrogen) atoms. The lowest BCUT2D eigenvalue weighted by molar-refractivity contribution is 0.0735. The van der Waals surface area contributed by atoms with Gasteiger partial charge in [-0.15, -0.1) is 0 Å². The third kappa shape index (κ3) is 5.69. The molecule has 0 spiro atoms. The van der Waals surface area contributed by atoms with E-state index >= 15 is 0 Å². The van der Waals surface area contributed by atoms with E-state index in [0.717, 1.165) is 18.4 Å². The molecule has 1 saturated carbocycles. The average Bonchev–Trinajstić information content (AvgIpc) is 3.57. The summed E-state index contributed by atoms with van der Waals surface area (Å²) in [5.74, 6) is 0.473. The first kappa shape index (κ1) is 23.6. The quantitative estimate of drug-likeness (QED) is 0.347. The Labute approximate surface area is 204 Å². The van der Waals surface area contributed by atoms with E-state index < -0.39 is 10.1 Å². The summed E-state index contributed by atoms with van der Waals surface area (Å²) in [6.45, 7) is 2.59. The second-order valence-corrected chi connectivity index (χ2v) is 10.5. The van der Waals surface area contributed by atoms with Crippen LogP contribution in [0.1, 0.15) is 34.3 Å². The van der Waals surface area contributed by atoms with E-state index in [2.05, 4.69) is 0 Å². The second-order valence-electron chi connectivity index (χ2n) is 8.18. The predicted molar refractivity (Wildman–Crippen MR) is 129 cm³/mol. The molecular weight excluding hydrogens is 481 g/mol. The molecule has 172 valence electrons. The Bertz CT molecular complexity index is 1270. The van der Waals surface area contributed by atoms with Gasteiger partial charge in [0.1, 0.15) is 10.6 Å². The zero-order valence-corrected chi connectivity index (χ0v) is 20.3. The highest BCUT2D eigenvalue weighted by Crippen LogP contribution is 2.32. The summed E-state index contributed by atoms with van der Waals surface area (Å²) in [4.78, 5) is 14.9. The molecule has 0 N–H and O–H groups in total. The van der Waals surface area contributed by atoms with Crippen LogP contribution in [0.25, 0.3) is 0 Å². The van der Waals surface area contributed by atoms with Crippen molar-refractivity contribution in [3.8, 4) is 5.75 Å². The third-order valence-corrected chi connectivity index (χ3v) is 7.67. The molecular formula is C25H23Cl2NO4S. The van der Waals surface area contributed by atoms with Gasteiger partial charge in [-0.05, 0) is 67.1 Å². The Balaban J connectivity index is 1.57. The summed E-state index contributed by atoms with van der Waals surface area (Å²) in [6.07, 6.45) is 2.18. The van der Waals surface area contributed by atoms with Crippen LogP contribution in [0.3, 0.4) is 0 Å². The number of halogens is 2. The smallest absolute Gasteiger partial charge is 0.340 e. The summed E-state index contributed by atoms with van der Waals surface area (Å²) in [6, 6.07) is 18.6. The second kappa shape index (κ2) is 9.75. The van der Waals surface area contributed by atoms with Crippen LogP contribution >= 0.6 is 23.2 Å². The fourth-order valence-electron chi connectivity index (χ4n) is 3.65. The topological polar surface area (TPSA) is 63.7 Å². The van der Waals surface area contributed by atoms with Crippen LogP contribution in [-0.4, -0.2) is 25.8 Å². The average molecular weight is 504 g/mol. The van der Waals surface area contributed by atoms with Crippen molar-refractivity contribution in [3.63, 3.8) is 0 Å². The minimum absolute atomic E-state index is 0.0543. The van der Waals surface area contributed by atoms with Crippen molar-refractivity contribution in [1.29, 1.82) is 0 Å². The number of amides is 1. The van der Waals surface area contributed by atoms with Gasteiger partial charge in [-0.2, -0.15) is 8.42 Å². The third-order valence-electron chi connectivity index (χ3n) is 5.46. The molecule has 3 aromatic carbocycles. The predicted octanol–water partition coefficient (Wildman–Crippen LogP) is 6.12. The number of carbonyl (C=O) groups excluding carboxylic acids is 1. The first-order valence-corrected chi connectivity index (χ1v) is 12.7. The molecule has 0 atom stereocenters. The van der Waals surface area contributed by atoms with Crippen LogP contribution in [0.4, 0.5) is 0 Å². The van der Waals surface area contributed by atoms with E-state index in [9.17, 15) is 13.2 Å². The molecule has 5 nitrogen and oxygen atoms in total. The molecule has 0 aliphatic heterocycles. The molecule has 0 aromatic heterocycles. The van der Waals surface area contributed by atoms with Gasteiger partial charge in [0.15, 0.2) is 0 Å². The summed E-state index contributed by atoms with van der Waals surface area (Å²) >= 11 is 12.4. The van der Waals surface area contributed by atoms with Gasteiger partial charge in [-0.1, -0.05) is 59.6 Å². The first-order valence-electron chi connectivity index (χ1n) is 10.6. The number of nitrogens with zero attached hydrogens (tertiary/aromatic N) is 1. The molecule has 0 unspecified atom stereocenters. The van der Waals surface area contributed by atoms with Crippen LogP contribution < -0.4 is 4.18 Å². The zero-order valence-electron chi connectivity index (χ0n) is 18.0. The molecule has 8 heteroatoms. The van der Waals surface area contributed by atoms with Crippen molar-refractivity contribution in [2.75, 3.05) is 6.54 Å². The highest BCUT2D eigenvalue weighted by Gasteiger charge is 2.28. The molecule has 1 fully saturated rings. The zero-order chi connectivity index (χ0) is 23.6. The van der Waals surface area contributed by atoms with Gasteiger partial charge in [0.25, 0.3) is 5.91 Å². The highest BCUT2D eigenvalue weighted by molar-refractivity contribution is 7.87. The Hall–Kier alpha value is -2.54. The maximum atomic E-state index is 13.2. The van der Waals surface area contributed by atoms with Crippen molar-refractivity contribution in [2.24, 2.45) is 5.92 Å². The normalized spacial score (nSPS) is 13.5. The molecule has 0 heterocycles. The lowest BCUT2D eigenvalue weighted by Crippen LogP contribution is -2.32. The van der Waals surface area contributed by atoms with Crippen LogP contribution in [0.5, 0.6) is 5.75 Å². The molecule has 0 saturated heterocycles. The molecule has 1 aliphatic rings. The molecule has 1 aliphatic carbocycles. The standard InChI is InChI=1S/C25H23Cl2NO4S/c1-17-6-4-11-23(27)24(17)33(30,31)32-20-8-5-7-19(14-20)16-28(15-18-12-13-18)25(29)21-9-2-3-10-22(21)26/h2-11,14,18H,12-13,15-16H2,1H3. The van der Waals surface area contributed by atoms with Crippen molar-refractivity contribution in [1.82, 2.24) is 4.90 Å². The molecule has 4 rings (SSSR count). The fourth-order valence-corrected chi connectivity index (χ4v) is 5.59. The van der Waals surface area contributed by atoms with Crippen molar-refractivity contribution >= 4 is 39.2 Å². The maximum Gasteiger partial charge on any atom is 0.340 e. The molecule has 1 amide bonds. The lowest BCUT2D eigenvalue weighted by atomic mass is 10.1. The number of rotatable bonds is 8. The van der Waals surface area contributed by atoms with Crippen LogP contribution in [0.15, 0.2) is 71.6 Å². The monoisotopic (exact) mass is 503 g/mol. The minimum Gasteiger partial charge on any atom is -0.379 e. The molecule has 0 radical (unpaired) electrons. The summed E-state index contributed by atoms with van der Waals surface area (Å²) in [7, 11) is -4.12. The molecule has 3 aromatic rings. The van der Waals surface area contributed by atoms with Crippen LogP contribution in [-0.2, 0) is 16.7 Å². The van der Waals surface area contributed by atoms with Crippen molar-refractivity contribution in [3.05, 3.63) is 93.5 Å². The SMILES string of the molecule is Cc1cccc(Cl)c1S(=O)(=O)Oc1cccc(CN(CC2CC2)C(=O)c2ccccc2Cl)c1. The van der Waals surface area contributed by atoms with Gasteiger partial charge in [-0.25, -0.2) is 0 Å². The number of hydrogen-bond donors (Lipinski definition) is 0. The van der Waals surface area contributed by atoms with E-state index in [1.807, 2.05) is 6.07 Å². The number of hydrogen-bond acceptors (Lipinski definition) is 4.